The molecule has 1 aliphatic carbocycles. The molecule has 0 bridgehead atoms. The van der Waals surface area contributed by atoms with Crippen LogP contribution in [0.2, 0.25) is 0 Å². The van der Waals surface area contributed by atoms with Gasteiger partial charge in [0.2, 0.25) is 5.91 Å². The van der Waals surface area contributed by atoms with Crippen LogP contribution in [0.3, 0.4) is 0 Å². The van der Waals surface area contributed by atoms with E-state index in [4.69, 9.17) is 0 Å². The first-order chi connectivity index (χ1) is 14.5. The summed E-state index contributed by atoms with van der Waals surface area (Å²) in [5, 5.41) is 4.58. The number of amides is 1. The Morgan fingerprint density at radius 2 is 1.83 bits per heavy atom. The predicted octanol–water partition coefficient (Wildman–Crippen LogP) is 5.87. The predicted molar refractivity (Wildman–Crippen MR) is 125 cm³/mol. The molecule has 1 heterocycles. The van der Waals surface area contributed by atoms with E-state index in [0.29, 0.717) is 24.3 Å². The highest BCUT2D eigenvalue weighted by Gasteiger charge is 2.28. The van der Waals surface area contributed by atoms with Gasteiger partial charge < -0.3 is 9.88 Å². The standard InChI is InChI=1S/C27H34N2O/c1-19-11-13-22(14-12-19)17-29-18-23(24-8-4-5-10-26(24)29)15-16-27(30)28-25-9-6-7-20(2)21(25)3/h4-5,8,10-14,18,20-21,25H,6-7,9,15-17H2,1-3H3,(H,28,30)/t20-,21+,25-/m1/s1. The Balaban J connectivity index is 1.45. The first-order valence-corrected chi connectivity index (χ1v) is 11.4. The van der Waals surface area contributed by atoms with Crippen molar-refractivity contribution in [1.82, 2.24) is 9.88 Å². The topological polar surface area (TPSA) is 34.0 Å². The second-order valence-corrected chi connectivity index (χ2v) is 9.23. The van der Waals surface area contributed by atoms with Gasteiger partial charge in [0.25, 0.3) is 0 Å². The third kappa shape index (κ3) is 4.61. The Hall–Kier alpha value is -2.55. The molecule has 158 valence electrons. The van der Waals surface area contributed by atoms with Crippen LogP contribution in [0.15, 0.2) is 54.7 Å². The van der Waals surface area contributed by atoms with E-state index in [0.717, 1.165) is 19.4 Å². The molecule has 30 heavy (non-hydrogen) atoms. The number of rotatable bonds is 6. The Morgan fingerprint density at radius 1 is 1.07 bits per heavy atom. The number of aryl methyl sites for hydroxylation is 2. The Morgan fingerprint density at radius 3 is 2.63 bits per heavy atom. The summed E-state index contributed by atoms with van der Waals surface area (Å²) in [4.78, 5) is 12.7. The summed E-state index contributed by atoms with van der Waals surface area (Å²) in [6, 6.07) is 17.6. The summed E-state index contributed by atoms with van der Waals surface area (Å²) in [7, 11) is 0. The zero-order valence-corrected chi connectivity index (χ0v) is 18.5. The van der Waals surface area contributed by atoms with Crippen molar-refractivity contribution in [2.45, 2.75) is 65.5 Å². The zero-order chi connectivity index (χ0) is 21.1. The van der Waals surface area contributed by atoms with Crippen molar-refractivity contribution < 1.29 is 4.79 Å². The summed E-state index contributed by atoms with van der Waals surface area (Å²) in [6.45, 7) is 7.57. The normalized spacial score (nSPS) is 21.6. The number of fused-ring (bicyclic) bond motifs is 1. The van der Waals surface area contributed by atoms with E-state index < -0.39 is 0 Å². The van der Waals surface area contributed by atoms with Gasteiger partial charge in [-0.2, -0.15) is 0 Å². The lowest BCUT2D eigenvalue weighted by atomic mass is 9.78. The minimum absolute atomic E-state index is 0.191. The second-order valence-electron chi connectivity index (χ2n) is 9.23. The molecule has 1 N–H and O–H groups in total. The minimum Gasteiger partial charge on any atom is -0.353 e. The molecule has 0 saturated heterocycles. The maximum atomic E-state index is 12.7. The second kappa shape index (κ2) is 9.07. The van der Waals surface area contributed by atoms with E-state index >= 15 is 0 Å². The van der Waals surface area contributed by atoms with Gasteiger partial charge in [0, 0.05) is 36.1 Å². The van der Waals surface area contributed by atoms with Crippen LogP contribution in [0.4, 0.5) is 0 Å². The number of hydrogen-bond acceptors (Lipinski definition) is 1. The molecule has 1 saturated carbocycles. The van der Waals surface area contributed by atoms with Gasteiger partial charge in [0.15, 0.2) is 0 Å². The van der Waals surface area contributed by atoms with Crippen LogP contribution >= 0.6 is 0 Å². The summed E-state index contributed by atoms with van der Waals surface area (Å²) in [5.41, 5.74) is 5.08. The quantitative estimate of drug-likeness (QED) is 0.549. The highest BCUT2D eigenvalue weighted by Crippen LogP contribution is 2.29. The highest BCUT2D eigenvalue weighted by atomic mass is 16.1. The first kappa shape index (κ1) is 20.7. The van der Waals surface area contributed by atoms with Crippen LogP contribution in [0, 0.1) is 18.8 Å². The molecule has 3 atom stereocenters. The molecule has 0 unspecified atom stereocenters. The fraction of sp³-hybridized carbons (Fsp3) is 0.444. The summed E-state index contributed by atoms with van der Waals surface area (Å²) in [6.07, 6.45) is 7.20. The van der Waals surface area contributed by atoms with Gasteiger partial charge in [0.1, 0.15) is 0 Å². The van der Waals surface area contributed by atoms with Crippen molar-refractivity contribution >= 4 is 16.8 Å². The number of benzene rings is 2. The van der Waals surface area contributed by atoms with Crippen LogP contribution in [0.1, 0.15) is 56.2 Å². The number of aromatic nitrogens is 1. The Bertz CT molecular complexity index is 1000. The van der Waals surface area contributed by atoms with Crippen molar-refractivity contribution in [3.05, 3.63) is 71.4 Å². The number of hydrogen-bond donors (Lipinski definition) is 1. The van der Waals surface area contributed by atoms with E-state index in [-0.39, 0.29) is 5.91 Å². The maximum absolute atomic E-state index is 12.7. The zero-order valence-electron chi connectivity index (χ0n) is 18.5. The largest absolute Gasteiger partial charge is 0.353 e. The molecule has 4 rings (SSSR count). The van der Waals surface area contributed by atoms with Gasteiger partial charge in [-0.3, -0.25) is 4.79 Å². The average Bonchev–Trinajstić information content (AvgIpc) is 3.09. The van der Waals surface area contributed by atoms with Gasteiger partial charge in [0.05, 0.1) is 0 Å². The van der Waals surface area contributed by atoms with Gasteiger partial charge in [-0.25, -0.2) is 0 Å². The van der Waals surface area contributed by atoms with Crippen molar-refractivity contribution in [1.29, 1.82) is 0 Å². The molecule has 3 heteroatoms. The smallest absolute Gasteiger partial charge is 0.220 e. The maximum Gasteiger partial charge on any atom is 0.220 e. The monoisotopic (exact) mass is 402 g/mol. The van der Waals surface area contributed by atoms with Crippen LogP contribution in [-0.2, 0) is 17.8 Å². The molecule has 3 nitrogen and oxygen atoms in total. The summed E-state index contributed by atoms with van der Waals surface area (Å²) in [5.74, 6) is 1.46. The molecule has 2 aromatic carbocycles. The van der Waals surface area contributed by atoms with Crippen LogP contribution in [0.5, 0.6) is 0 Å². The SMILES string of the molecule is Cc1ccc(Cn2cc(CCC(=O)N[C@@H]3CCC[C@@H](C)[C@@H]3C)c3ccccc32)cc1. The van der Waals surface area contributed by atoms with E-state index in [1.54, 1.807) is 0 Å². The van der Waals surface area contributed by atoms with E-state index in [1.807, 2.05) is 0 Å². The molecular weight excluding hydrogens is 368 g/mol. The molecule has 0 spiro atoms. The van der Waals surface area contributed by atoms with Crippen LogP contribution in [-0.4, -0.2) is 16.5 Å². The van der Waals surface area contributed by atoms with Crippen molar-refractivity contribution in [2.24, 2.45) is 11.8 Å². The molecule has 1 amide bonds. The van der Waals surface area contributed by atoms with Gasteiger partial charge in [-0.15, -0.1) is 0 Å². The van der Waals surface area contributed by atoms with Crippen molar-refractivity contribution in [3.63, 3.8) is 0 Å². The number of nitrogens with zero attached hydrogens (tertiary/aromatic N) is 1. The fourth-order valence-corrected chi connectivity index (χ4v) is 4.86. The number of para-hydroxylation sites is 1. The fourth-order valence-electron chi connectivity index (χ4n) is 4.86. The number of carbonyl (C=O) groups excluding carboxylic acids is 1. The molecule has 1 aromatic heterocycles. The van der Waals surface area contributed by atoms with Crippen LogP contribution < -0.4 is 5.32 Å². The van der Waals surface area contributed by atoms with Crippen LogP contribution in [0.25, 0.3) is 10.9 Å². The molecule has 0 radical (unpaired) electrons. The minimum atomic E-state index is 0.191. The van der Waals surface area contributed by atoms with E-state index in [1.165, 1.54) is 40.4 Å². The molecule has 0 aliphatic heterocycles. The third-order valence-electron chi connectivity index (χ3n) is 7.02. The lowest BCUT2D eigenvalue weighted by Gasteiger charge is -2.34. The lowest BCUT2D eigenvalue weighted by Crippen LogP contribution is -2.43. The Labute approximate surface area is 180 Å². The Kier molecular flexibility index (Phi) is 6.26. The third-order valence-corrected chi connectivity index (χ3v) is 7.02. The van der Waals surface area contributed by atoms with Gasteiger partial charge in [-0.05, 0) is 48.8 Å². The average molecular weight is 403 g/mol. The summed E-state index contributed by atoms with van der Waals surface area (Å²) < 4.78 is 2.32. The molecule has 1 fully saturated rings. The molecule has 1 aliphatic rings. The molecular formula is C27H34N2O. The summed E-state index contributed by atoms with van der Waals surface area (Å²) >= 11 is 0. The lowest BCUT2D eigenvalue weighted by molar-refractivity contribution is -0.122. The molecule has 3 aromatic rings. The van der Waals surface area contributed by atoms with Gasteiger partial charge >= 0.3 is 0 Å². The van der Waals surface area contributed by atoms with Gasteiger partial charge in [-0.1, -0.05) is 74.7 Å². The van der Waals surface area contributed by atoms with Crippen molar-refractivity contribution in [3.8, 4) is 0 Å². The highest BCUT2D eigenvalue weighted by molar-refractivity contribution is 5.85. The number of nitrogens with one attached hydrogen (secondary N) is 1. The van der Waals surface area contributed by atoms with E-state index in [2.05, 4.69) is 85.4 Å². The number of carbonyl (C=O) groups is 1. The first-order valence-electron chi connectivity index (χ1n) is 11.4. The van der Waals surface area contributed by atoms with Crippen molar-refractivity contribution in [2.75, 3.05) is 0 Å². The van der Waals surface area contributed by atoms with E-state index in [9.17, 15) is 4.79 Å².